The number of rotatable bonds is 5. The summed E-state index contributed by atoms with van der Waals surface area (Å²) in [5, 5.41) is 0. The number of ether oxygens (including phenoxy) is 1. The number of nitrogens with zero attached hydrogens (tertiary/aromatic N) is 2. The van der Waals surface area contributed by atoms with E-state index in [0.717, 1.165) is 45.6 Å². The third-order valence-corrected chi connectivity index (χ3v) is 5.41. The summed E-state index contributed by atoms with van der Waals surface area (Å²) in [7, 11) is 1.92. The molecule has 1 aromatic carbocycles. The van der Waals surface area contributed by atoms with Crippen molar-refractivity contribution >= 4 is 11.6 Å². The summed E-state index contributed by atoms with van der Waals surface area (Å²) in [6, 6.07) is 8.40. The van der Waals surface area contributed by atoms with Crippen molar-refractivity contribution in [1.29, 1.82) is 0 Å². The fourth-order valence-electron chi connectivity index (χ4n) is 4.02. The molecule has 2 atom stereocenters. The van der Waals surface area contributed by atoms with Gasteiger partial charge < -0.3 is 20.3 Å². The van der Waals surface area contributed by atoms with Gasteiger partial charge in [0.25, 0.3) is 0 Å². The van der Waals surface area contributed by atoms with Crippen molar-refractivity contribution in [3.8, 4) is 0 Å². The molecule has 0 bridgehead atoms. The van der Waals surface area contributed by atoms with Crippen molar-refractivity contribution in [3.05, 3.63) is 29.8 Å². The van der Waals surface area contributed by atoms with Crippen LogP contribution in [0.3, 0.4) is 0 Å². The maximum Gasteiger partial charge on any atom is 0.226 e. The molecule has 0 aromatic heterocycles. The van der Waals surface area contributed by atoms with E-state index in [1.807, 2.05) is 11.9 Å². The van der Waals surface area contributed by atoms with E-state index in [4.69, 9.17) is 10.5 Å². The number of hydrogen-bond donors (Lipinski definition) is 1. The maximum atomic E-state index is 12.8. The van der Waals surface area contributed by atoms with Gasteiger partial charge in [-0.25, -0.2) is 0 Å². The predicted octanol–water partition coefficient (Wildman–Crippen LogP) is 1.86. The van der Waals surface area contributed by atoms with Gasteiger partial charge in [0.1, 0.15) is 0 Å². The molecule has 132 valence electrons. The summed E-state index contributed by atoms with van der Waals surface area (Å²) in [4.78, 5) is 17.1. The maximum absolute atomic E-state index is 12.8. The number of hydrogen-bond acceptors (Lipinski definition) is 4. The van der Waals surface area contributed by atoms with Gasteiger partial charge in [0.15, 0.2) is 0 Å². The Balaban J connectivity index is 1.70. The van der Waals surface area contributed by atoms with Crippen molar-refractivity contribution in [3.63, 3.8) is 0 Å². The molecular formula is C19H29N3O2. The highest BCUT2D eigenvalue weighted by atomic mass is 16.5. The Hall–Kier alpha value is -1.59. The normalized spacial score (nSPS) is 24.2. The Kier molecular flexibility index (Phi) is 5.74. The third kappa shape index (κ3) is 3.73. The molecule has 5 heteroatoms. The van der Waals surface area contributed by atoms with E-state index < -0.39 is 0 Å². The standard InChI is InChI=1S/C19H29N3O2/c1-21(19(23)17-7-4-6-15(17)13-20)14-16-5-2-3-8-18(16)22-9-11-24-12-10-22/h2-3,5,8,15,17H,4,6-7,9-14,20H2,1H3/t15-,17-/m1/s1. The van der Waals surface area contributed by atoms with E-state index in [0.29, 0.717) is 19.0 Å². The van der Waals surface area contributed by atoms with Gasteiger partial charge in [-0.2, -0.15) is 0 Å². The lowest BCUT2D eigenvalue weighted by atomic mass is 9.94. The highest BCUT2D eigenvalue weighted by Gasteiger charge is 2.33. The third-order valence-electron chi connectivity index (χ3n) is 5.41. The van der Waals surface area contributed by atoms with Gasteiger partial charge in [0.2, 0.25) is 5.91 Å². The zero-order valence-electron chi connectivity index (χ0n) is 14.6. The van der Waals surface area contributed by atoms with Crippen molar-refractivity contribution in [2.45, 2.75) is 25.8 Å². The molecule has 1 saturated carbocycles. The van der Waals surface area contributed by atoms with Gasteiger partial charge in [0, 0.05) is 38.3 Å². The van der Waals surface area contributed by atoms with Crippen LogP contribution in [0.2, 0.25) is 0 Å². The van der Waals surface area contributed by atoms with Crippen LogP contribution in [0, 0.1) is 11.8 Å². The largest absolute Gasteiger partial charge is 0.378 e. The number of anilines is 1. The first-order valence-corrected chi connectivity index (χ1v) is 9.06. The van der Waals surface area contributed by atoms with Gasteiger partial charge in [-0.3, -0.25) is 4.79 Å². The first kappa shape index (κ1) is 17.2. The van der Waals surface area contributed by atoms with Gasteiger partial charge >= 0.3 is 0 Å². The molecule has 0 spiro atoms. The number of benzene rings is 1. The molecule has 1 heterocycles. The summed E-state index contributed by atoms with van der Waals surface area (Å²) in [5.74, 6) is 0.713. The molecular weight excluding hydrogens is 302 g/mol. The molecule has 2 aliphatic rings. The van der Waals surface area contributed by atoms with Crippen LogP contribution >= 0.6 is 0 Å². The second-order valence-electron chi connectivity index (χ2n) is 6.96. The van der Waals surface area contributed by atoms with E-state index in [2.05, 4.69) is 29.2 Å². The lowest BCUT2D eigenvalue weighted by Crippen LogP contribution is -2.38. The predicted molar refractivity (Wildman–Crippen MR) is 95.8 cm³/mol. The van der Waals surface area contributed by atoms with Crippen molar-refractivity contribution < 1.29 is 9.53 Å². The van der Waals surface area contributed by atoms with Crippen LogP contribution in [-0.2, 0) is 16.1 Å². The van der Waals surface area contributed by atoms with E-state index >= 15 is 0 Å². The van der Waals surface area contributed by atoms with Crippen LogP contribution in [0.15, 0.2) is 24.3 Å². The van der Waals surface area contributed by atoms with E-state index in [1.165, 1.54) is 11.3 Å². The molecule has 2 fully saturated rings. The van der Waals surface area contributed by atoms with Gasteiger partial charge in [-0.05, 0) is 36.9 Å². The number of amides is 1. The van der Waals surface area contributed by atoms with E-state index in [9.17, 15) is 4.79 Å². The summed E-state index contributed by atoms with van der Waals surface area (Å²) in [6.07, 6.45) is 3.19. The molecule has 1 aromatic rings. The molecule has 0 radical (unpaired) electrons. The average Bonchev–Trinajstić information content (AvgIpc) is 3.11. The van der Waals surface area contributed by atoms with Crippen LogP contribution in [0.25, 0.3) is 0 Å². The smallest absolute Gasteiger partial charge is 0.226 e. The van der Waals surface area contributed by atoms with E-state index in [-0.39, 0.29) is 11.8 Å². The number of carbonyl (C=O) groups is 1. The quantitative estimate of drug-likeness (QED) is 0.895. The Morgan fingerprint density at radius 2 is 2.04 bits per heavy atom. The van der Waals surface area contributed by atoms with Crippen molar-refractivity contribution in [2.75, 3.05) is 44.8 Å². The van der Waals surface area contributed by atoms with E-state index in [1.54, 1.807) is 0 Å². The molecule has 1 aliphatic carbocycles. The van der Waals surface area contributed by atoms with Crippen LogP contribution in [0.5, 0.6) is 0 Å². The summed E-state index contributed by atoms with van der Waals surface area (Å²) in [6.45, 7) is 4.63. The first-order chi connectivity index (χ1) is 11.7. The molecule has 3 rings (SSSR count). The molecule has 1 amide bonds. The van der Waals surface area contributed by atoms with Crippen molar-refractivity contribution in [1.82, 2.24) is 4.90 Å². The second kappa shape index (κ2) is 7.99. The number of nitrogens with two attached hydrogens (primary N) is 1. The highest BCUT2D eigenvalue weighted by Crippen LogP contribution is 2.33. The monoisotopic (exact) mass is 331 g/mol. The average molecular weight is 331 g/mol. The van der Waals surface area contributed by atoms with Crippen LogP contribution in [-0.4, -0.2) is 50.7 Å². The second-order valence-corrected chi connectivity index (χ2v) is 6.96. The van der Waals surface area contributed by atoms with Crippen LogP contribution in [0.1, 0.15) is 24.8 Å². The SMILES string of the molecule is CN(Cc1ccccc1N1CCOCC1)C(=O)[C@@H]1CCC[C@@H]1CN. The molecule has 0 unspecified atom stereocenters. The Labute approximate surface area is 144 Å². The van der Waals surface area contributed by atoms with Crippen LogP contribution in [0.4, 0.5) is 5.69 Å². The zero-order chi connectivity index (χ0) is 16.9. The fraction of sp³-hybridized carbons (Fsp3) is 0.632. The number of morpholine rings is 1. The minimum absolute atomic E-state index is 0.107. The Morgan fingerprint density at radius 3 is 2.79 bits per heavy atom. The Bertz CT molecular complexity index is 557. The molecule has 2 N–H and O–H groups in total. The van der Waals surface area contributed by atoms with Gasteiger partial charge in [0.05, 0.1) is 13.2 Å². The van der Waals surface area contributed by atoms with Gasteiger partial charge in [-0.1, -0.05) is 24.6 Å². The summed E-state index contributed by atoms with van der Waals surface area (Å²) < 4.78 is 5.45. The van der Waals surface area contributed by atoms with Crippen molar-refractivity contribution in [2.24, 2.45) is 17.6 Å². The lowest BCUT2D eigenvalue weighted by molar-refractivity contribution is -0.135. The zero-order valence-corrected chi connectivity index (χ0v) is 14.6. The lowest BCUT2D eigenvalue weighted by Gasteiger charge is -2.32. The molecule has 5 nitrogen and oxygen atoms in total. The molecule has 1 aliphatic heterocycles. The Morgan fingerprint density at radius 1 is 1.29 bits per heavy atom. The number of carbonyl (C=O) groups excluding carboxylic acids is 1. The minimum atomic E-state index is 0.107. The topological polar surface area (TPSA) is 58.8 Å². The highest BCUT2D eigenvalue weighted by molar-refractivity contribution is 5.79. The van der Waals surface area contributed by atoms with Crippen LogP contribution < -0.4 is 10.6 Å². The summed E-state index contributed by atoms with van der Waals surface area (Å²) in [5.41, 5.74) is 8.28. The minimum Gasteiger partial charge on any atom is -0.378 e. The van der Waals surface area contributed by atoms with Gasteiger partial charge in [-0.15, -0.1) is 0 Å². The molecule has 24 heavy (non-hydrogen) atoms. The summed E-state index contributed by atoms with van der Waals surface area (Å²) >= 11 is 0. The fourth-order valence-corrected chi connectivity index (χ4v) is 4.02. The number of para-hydroxylation sites is 1. The first-order valence-electron chi connectivity index (χ1n) is 9.06. The molecule has 1 saturated heterocycles.